The molecule has 2 aromatic rings. The molecule has 1 fully saturated rings. The van der Waals surface area contributed by atoms with Crippen LogP contribution in [0.5, 0.6) is 0 Å². The quantitative estimate of drug-likeness (QED) is 0.191. The summed E-state index contributed by atoms with van der Waals surface area (Å²) < 4.78 is 13.5. The van der Waals surface area contributed by atoms with Gasteiger partial charge in [0.05, 0.1) is 22.4 Å². The summed E-state index contributed by atoms with van der Waals surface area (Å²) in [5.41, 5.74) is 1.02. The smallest absolute Gasteiger partial charge is 0.275 e. The van der Waals surface area contributed by atoms with Gasteiger partial charge < -0.3 is 0 Å². The highest BCUT2D eigenvalue weighted by atomic mass is 35.5. The molecule has 0 aromatic heterocycles. The lowest BCUT2D eigenvalue weighted by molar-refractivity contribution is -0.156. The van der Waals surface area contributed by atoms with E-state index in [0.29, 0.717) is 12.8 Å². The molecule has 36 heavy (non-hydrogen) atoms. The number of carbonyl (C=O) groups is 4. The van der Waals surface area contributed by atoms with Crippen molar-refractivity contribution in [3.63, 3.8) is 0 Å². The Hall–Kier alpha value is -2.74. The van der Waals surface area contributed by atoms with Crippen LogP contribution in [0.2, 0.25) is 10.0 Å². The van der Waals surface area contributed by atoms with Crippen molar-refractivity contribution in [3.05, 3.63) is 81.1 Å². The predicted octanol–water partition coefficient (Wildman–Crippen LogP) is 5.71. The SMILES string of the molecule is CC1=CC[C@@H]2C(=O)N(N(C(=O)c3ccc(Cl)cc3Cl)[C@@H](CCCl)C(=O)c3ccc(F)cc3)C(=O)[C@H]2C1. The number of nitrogens with zero attached hydrogens (tertiary/aromatic N) is 2. The van der Waals surface area contributed by atoms with Gasteiger partial charge in [0.2, 0.25) is 0 Å². The number of hydrogen-bond acceptors (Lipinski definition) is 4. The standard InChI is InChI=1S/C26H22Cl3FN2O4/c1-14-2-8-18-20(12-14)26(36)32(24(18)34)31(25(35)19-9-5-16(28)13-21(19)29)22(10-11-27)23(33)15-3-6-17(30)7-4-15/h2-7,9,13,18,20,22H,8,10-12H2,1H3/t18-,20-,22-/m0/s1. The molecule has 1 aliphatic carbocycles. The molecule has 0 radical (unpaired) electrons. The van der Waals surface area contributed by atoms with Crippen molar-refractivity contribution >= 4 is 58.3 Å². The Bertz CT molecular complexity index is 1260. The Kier molecular flexibility index (Phi) is 7.83. The van der Waals surface area contributed by atoms with Gasteiger partial charge in [-0.2, -0.15) is 5.01 Å². The third kappa shape index (κ3) is 4.92. The van der Waals surface area contributed by atoms with E-state index < -0.39 is 47.2 Å². The zero-order valence-electron chi connectivity index (χ0n) is 19.2. The number of allylic oxidation sites excluding steroid dienone is 2. The maximum absolute atomic E-state index is 13.9. The number of imide groups is 1. The van der Waals surface area contributed by atoms with E-state index in [2.05, 4.69) is 0 Å². The summed E-state index contributed by atoms with van der Waals surface area (Å²) in [7, 11) is 0. The van der Waals surface area contributed by atoms with Crippen molar-refractivity contribution < 1.29 is 23.6 Å². The van der Waals surface area contributed by atoms with E-state index in [1.54, 1.807) is 0 Å². The van der Waals surface area contributed by atoms with E-state index in [1.165, 1.54) is 30.3 Å². The number of alkyl halides is 1. The van der Waals surface area contributed by atoms with Crippen molar-refractivity contribution in [2.75, 3.05) is 5.88 Å². The average Bonchev–Trinajstić information content (AvgIpc) is 3.08. The molecule has 0 bridgehead atoms. The van der Waals surface area contributed by atoms with E-state index in [-0.39, 0.29) is 33.5 Å². The summed E-state index contributed by atoms with van der Waals surface area (Å²) in [6, 6.07) is 7.61. The second-order valence-electron chi connectivity index (χ2n) is 8.83. The first-order valence-corrected chi connectivity index (χ1v) is 12.6. The lowest BCUT2D eigenvalue weighted by atomic mass is 9.82. The van der Waals surface area contributed by atoms with Crippen molar-refractivity contribution in [2.24, 2.45) is 11.8 Å². The molecule has 1 heterocycles. The first-order chi connectivity index (χ1) is 17.1. The number of carbonyl (C=O) groups excluding carboxylic acids is 4. The molecule has 10 heteroatoms. The van der Waals surface area contributed by atoms with Gasteiger partial charge in [-0.05, 0) is 68.7 Å². The number of Topliss-reactive ketones (excluding diaryl/α,β-unsaturated/α-hetero) is 1. The van der Waals surface area contributed by atoms with Crippen molar-refractivity contribution in [2.45, 2.75) is 32.2 Å². The summed E-state index contributed by atoms with van der Waals surface area (Å²) in [6.45, 7) is 1.88. The summed E-state index contributed by atoms with van der Waals surface area (Å²) >= 11 is 18.3. The van der Waals surface area contributed by atoms with Gasteiger partial charge in [0.15, 0.2) is 5.78 Å². The van der Waals surface area contributed by atoms with Crippen LogP contribution in [0.1, 0.15) is 46.9 Å². The van der Waals surface area contributed by atoms with E-state index in [4.69, 9.17) is 34.8 Å². The highest BCUT2D eigenvalue weighted by Crippen LogP contribution is 2.40. The van der Waals surface area contributed by atoms with Crippen LogP contribution in [-0.2, 0) is 9.59 Å². The lowest BCUT2D eigenvalue weighted by Gasteiger charge is -2.36. The minimum atomic E-state index is -1.32. The summed E-state index contributed by atoms with van der Waals surface area (Å²) in [5, 5.41) is 1.93. The Balaban J connectivity index is 1.83. The topological polar surface area (TPSA) is 74.8 Å². The molecule has 188 valence electrons. The normalized spacial score (nSPS) is 20.1. The molecule has 0 unspecified atom stereocenters. The number of hydrazine groups is 1. The van der Waals surface area contributed by atoms with Crippen LogP contribution in [-0.4, -0.2) is 45.4 Å². The van der Waals surface area contributed by atoms with E-state index >= 15 is 0 Å². The molecule has 0 saturated carbocycles. The largest absolute Gasteiger partial charge is 0.292 e. The summed E-state index contributed by atoms with van der Waals surface area (Å²) in [5.74, 6) is -4.45. The van der Waals surface area contributed by atoms with Crippen LogP contribution in [0.3, 0.4) is 0 Å². The Labute approximate surface area is 222 Å². The number of benzene rings is 2. The molecule has 3 amide bonds. The van der Waals surface area contributed by atoms with Crippen LogP contribution >= 0.6 is 34.8 Å². The maximum Gasteiger partial charge on any atom is 0.275 e. The lowest BCUT2D eigenvalue weighted by Crippen LogP contribution is -2.57. The van der Waals surface area contributed by atoms with Crippen molar-refractivity contribution in [1.29, 1.82) is 0 Å². The molecule has 2 aromatic carbocycles. The zero-order valence-corrected chi connectivity index (χ0v) is 21.5. The van der Waals surface area contributed by atoms with E-state index in [9.17, 15) is 23.6 Å². The van der Waals surface area contributed by atoms with Gasteiger partial charge in [0.25, 0.3) is 17.7 Å². The zero-order chi connectivity index (χ0) is 26.1. The molecule has 1 aliphatic heterocycles. The first-order valence-electron chi connectivity index (χ1n) is 11.3. The van der Waals surface area contributed by atoms with Crippen molar-refractivity contribution in [1.82, 2.24) is 10.0 Å². The van der Waals surface area contributed by atoms with Gasteiger partial charge in [0.1, 0.15) is 11.9 Å². The fourth-order valence-electron chi connectivity index (χ4n) is 4.66. The minimum Gasteiger partial charge on any atom is -0.292 e. The molecule has 6 nitrogen and oxygen atoms in total. The number of rotatable bonds is 7. The van der Waals surface area contributed by atoms with E-state index in [0.717, 1.165) is 27.7 Å². The fraction of sp³-hybridized carbons (Fsp3) is 0.308. The third-order valence-corrected chi connectivity index (χ3v) is 7.26. The molecular formula is C26H22Cl3FN2O4. The predicted molar refractivity (Wildman–Crippen MR) is 134 cm³/mol. The second-order valence-corrected chi connectivity index (χ2v) is 10.1. The molecule has 0 N–H and O–H groups in total. The third-order valence-electron chi connectivity index (χ3n) is 6.49. The number of halogens is 4. The highest BCUT2D eigenvalue weighted by molar-refractivity contribution is 6.36. The van der Waals surface area contributed by atoms with E-state index in [1.807, 2.05) is 13.0 Å². The fourth-order valence-corrected chi connectivity index (χ4v) is 5.36. The molecule has 0 spiro atoms. The summed E-state index contributed by atoms with van der Waals surface area (Å²) in [4.78, 5) is 54.6. The molecule has 2 aliphatic rings. The van der Waals surface area contributed by atoms with Crippen molar-refractivity contribution in [3.8, 4) is 0 Å². The Morgan fingerprint density at radius 1 is 1.08 bits per heavy atom. The van der Waals surface area contributed by atoms with Crippen LogP contribution in [0.4, 0.5) is 4.39 Å². The van der Waals surface area contributed by atoms with Crippen LogP contribution < -0.4 is 0 Å². The molecule has 4 rings (SSSR count). The number of amides is 3. The Morgan fingerprint density at radius 3 is 2.39 bits per heavy atom. The van der Waals surface area contributed by atoms with Gasteiger partial charge in [-0.3, -0.25) is 19.2 Å². The molecule has 3 atom stereocenters. The molecule has 1 saturated heterocycles. The number of fused-ring (bicyclic) bond motifs is 1. The minimum absolute atomic E-state index is 0.00891. The summed E-state index contributed by atoms with van der Waals surface area (Å²) in [6.07, 6.45) is 2.56. The second kappa shape index (κ2) is 10.7. The maximum atomic E-state index is 13.9. The number of hydrogen-bond donors (Lipinski definition) is 0. The van der Waals surface area contributed by atoms with Crippen LogP contribution in [0.15, 0.2) is 54.1 Å². The van der Waals surface area contributed by atoms with Gasteiger partial charge in [0, 0.05) is 16.5 Å². The van der Waals surface area contributed by atoms with Crippen LogP contribution in [0.25, 0.3) is 0 Å². The van der Waals surface area contributed by atoms with Gasteiger partial charge in [-0.1, -0.05) is 34.9 Å². The Morgan fingerprint density at radius 2 is 1.75 bits per heavy atom. The average molecular weight is 552 g/mol. The monoisotopic (exact) mass is 550 g/mol. The van der Waals surface area contributed by atoms with Gasteiger partial charge in [-0.15, -0.1) is 11.6 Å². The van der Waals surface area contributed by atoms with Crippen LogP contribution in [0, 0.1) is 17.7 Å². The highest BCUT2D eigenvalue weighted by Gasteiger charge is 2.53. The van der Waals surface area contributed by atoms with Gasteiger partial charge >= 0.3 is 0 Å². The first kappa shape index (κ1) is 26.3. The molecular weight excluding hydrogens is 530 g/mol. The number of ketones is 1. The van der Waals surface area contributed by atoms with Gasteiger partial charge in [-0.25, -0.2) is 9.40 Å².